The number of ether oxygens (including phenoxy) is 1. The van der Waals surface area contributed by atoms with Gasteiger partial charge in [0.05, 0.1) is 5.97 Å². The SMILES string of the molecule is Cc1cccc(C)c1O[C@H](C)C(=O)[O-]. The van der Waals surface area contributed by atoms with Gasteiger partial charge in [-0.15, -0.1) is 0 Å². The van der Waals surface area contributed by atoms with Crippen LogP contribution < -0.4 is 9.84 Å². The zero-order chi connectivity index (χ0) is 10.7. The van der Waals surface area contributed by atoms with Gasteiger partial charge < -0.3 is 14.6 Å². The van der Waals surface area contributed by atoms with E-state index in [4.69, 9.17) is 4.74 Å². The molecule has 0 aliphatic carbocycles. The molecule has 0 amide bonds. The van der Waals surface area contributed by atoms with Crippen LogP contribution >= 0.6 is 0 Å². The molecule has 0 fully saturated rings. The Morgan fingerprint density at radius 2 is 1.86 bits per heavy atom. The van der Waals surface area contributed by atoms with Gasteiger partial charge in [-0.2, -0.15) is 0 Å². The van der Waals surface area contributed by atoms with E-state index in [1.165, 1.54) is 6.92 Å². The monoisotopic (exact) mass is 193 g/mol. The molecule has 1 aromatic rings. The first-order valence-corrected chi connectivity index (χ1v) is 4.46. The minimum absolute atomic E-state index is 0.629. The molecule has 3 nitrogen and oxygen atoms in total. The van der Waals surface area contributed by atoms with Gasteiger partial charge in [0, 0.05) is 0 Å². The van der Waals surface area contributed by atoms with Crippen LogP contribution in [0.5, 0.6) is 5.75 Å². The summed E-state index contributed by atoms with van der Waals surface area (Å²) in [6, 6.07) is 5.66. The highest BCUT2D eigenvalue weighted by Crippen LogP contribution is 2.23. The van der Waals surface area contributed by atoms with Gasteiger partial charge in [0.1, 0.15) is 11.9 Å². The Balaban J connectivity index is 2.91. The van der Waals surface area contributed by atoms with Gasteiger partial charge in [-0.25, -0.2) is 0 Å². The minimum atomic E-state index is -1.20. The van der Waals surface area contributed by atoms with Gasteiger partial charge in [-0.1, -0.05) is 18.2 Å². The second kappa shape index (κ2) is 4.13. The molecule has 0 saturated heterocycles. The fourth-order valence-corrected chi connectivity index (χ4v) is 1.21. The molecule has 0 spiro atoms. The van der Waals surface area contributed by atoms with Crippen LogP contribution in [0.2, 0.25) is 0 Å². The summed E-state index contributed by atoms with van der Waals surface area (Å²) >= 11 is 0. The van der Waals surface area contributed by atoms with E-state index in [9.17, 15) is 9.90 Å². The fraction of sp³-hybridized carbons (Fsp3) is 0.364. The summed E-state index contributed by atoms with van der Waals surface area (Å²) in [4.78, 5) is 10.5. The molecule has 0 radical (unpaired) electrons. The molecular weight excluding hydrogens is 180 g/mol. The van der Waals surface area contributed by atoms with Gasteiger partial charge in [0.25, 0.3) is 0 Å². The molecule has 0 heterocycles. The van der Waals surface area contributed by atoms with Crippen molar-refractivity contribution in [3.8, 4) is 5.75 Å². The third-order valence-corrected chi connectivity index (χ3v) is 2.04. The molecule has 0 unspecified atom stereocenters. The molecule has 0 aromatic heterocycles. The third kappa shape index (κ3) is 2.25. The number of aryl methyl sites for hydroxylation is 2. The summed E-state index contributed by atoms with van der Waals surface area (Å²) in [7, 11) is 0. The van der Waals surface area contributed by atoms with Gasteiger partial charge in [0.2, 0.25) is 0 Å². The van der Waals surface area contributed by atoms with Crippen molar-refractivity contribution in [2.75, 3.05) is 0 Å². The summed E-state index contributed by atoms with van der Waals surface area (Å²) in [5.74, 6) is -0.572. The number of carbonyl (C=O) groups is 1. The van der Waals surface area contributed by atoms with E-state index in [1.807, 2.05) is 32.0 Å². The van der Waals surface area contributed by atoms with E-state index < -0.39 is 12.1 Å². The number of carboxylic acids is 1. The van der Waals surface area contributed by atoms with E-state index >= 15 is 0 Å². The molecule has 0 aliphatic rings. The standard InChI is InChI=1S/C11H14O3/c1-7-5-4-6-8(2)10(7)14-9(3)11(12)13/h4-6,9H,1-3H3,(H,12,13)/p-1/t9-/m1/s1. The Morgan fingerprint density at radius 3 is 2.29 bits per heavy atom. The van der Waals surface area contributed by atoms with E-state index in [1.54, 1.807) is 0 Å². The van der Waals surface area contributed by atoms with Crippen molar-refractivity contribution in [2.24, 2.45) is 0 Å². The first-order chi connectivity index (χ1) is 6.52. The van der Waals surface area contributed by atoms with Gasteiger partial charge in [0.15, 0.2) is 0 Å². The van der Waals surface area contributed by atoms with Crippen molar-refractivity contribution in [1.29, 1.82) is 0 Å². The molecular formula is C11H13O3-. The first kappa shape index (κ1) is 10.6. The van der Waals surface area contributed by atoms with Gasteiger partial charge in [-0.3, -0.25) is 0 Å². The Kier molecular flexibility index (Phi) is 3.12. The van der Waals surface area contributed by atoms with Crippen LogP contribution in [0.4, 0.5) is 0 Å². The summed E-state index contributed by atoms with van der Waals surface area (Å²) in [5.41, 5.74) is 1.86. The van der Waals surface area contributed by atoms with Crippen LogP contribution in [0.3, 0.4) is 0 Å². The minimum Gasteiger partial charge on any atom is -0.546 e. The lowest BCUT2D eigenvalue weighted by Crippen LogP contribution is -2.37. The highest BCUT2D eigenvalue weighted by Gasteiger charge is 2.08. The Hall–Kier alpha value is -1.51. The highest BCUT2D eigenvalue weighted by atomic mass is 16.5. The van der Waals surface area contributed by atoms with Crippen molar-refractivity contribution < 1.29 is 14.6 Å². The van der Waals surface area contributed by atoms with E-state index in [2.05, 4.69) is 0 Å². The average Bonchev–Trinajstić information content (AvgIpc) is 2.11. The van der Waals surface area contributed by atoms with Crippen molar-refractivity contribution in [3.05, 3.63) is 29.3 Å². The quantitative estimate of drug-likeness (QED) is 0.714. The van der Waals surface area contributed by atoms with Crippen LogP contribution in [0.15, 0.2) is 18.2 Å². The number of hydrogen-bond acceptors (Lipinski definition) is 3. The number of carboxylic acid groups (broad SMARTS) is 1. The fourth-order valence-electron chi connectivity index (χ4n) is 1.21. The Morgan fingerprint density at radius 1 is 1.36 bits per heavy atom. The van der Waals surface area contributed by atoms with Gasteiger partial charge in [-0.05, 0) is 31.9 Å². The molecule has 76 valence electrons. The van der Waals surface area contributed by atoms with E-state index in [0.717, 1.165) is 11.1 Å². The van der Waals surface area contributed by atoms with Crippen LogP contribution in [0, 0.1) is 13.8 Å². The maximum Gasteiger partial charge on any atom is 0.135 e. The summed E-state index contributed by atoms with van der Waals surface area (Å²) in [6.07, 6.45) is -0.921. The number of para-hydroxylation sites is 1. The zero-order valence-electron chi connectivity index (χ0n) is 8.53. The maximum absolute atomic E-state index is 10.5. The lowest BCUT2D eigenvalue weighted by molar-refractivity contribution is -0.312. The van der Waals surface area contributed by atoms with Crippen LogP contribution in [0.1, 0.15) is 18.1 Å². The lowest BCUT2D eigenvalue weighted by atomic mass is 10.1. The Labute approximate surface area is 83.3 Å². The highest BCUT2D eigenvalue weighted by molar-refractivity contribution is 5.70. The van der Waals surface area contributed by atoms with E-state index in [-0.39, 0.29) is 0 Å². The topological polar surface area (TPSA) is 49.4 Å². The average molecular weight is 193 g/mol. The summed E-state index contributed by atoms with van der Waals surface area (Å²) in [6.45, 7) is 5.22. The predicted octanol–water partition coefficient (Wildman–Crippen LogP) is 0.821. The molecule has 0 N–H and O–H groups in total. The lowest BCUT2D eigenvalue weighted by Gasteiger charge is -2.18. The number of benzene rings is 1. The van der Waals surface area contributed by atoms with Crippen molar-refractivity contribution in [2.45, 2.75) is 26.9 Å². The second-order valence-corrected chi connectivity index (χ2v) is 3.30. The molecule has 1 atom stereocenters. The van der Waals surface area contributed by atoms with Gasteiger partial charge >= 0.3 is 0 Å². The Bertz CT molecular complexity index is 324. The molecule has 3 heteroatoms. The summed E-state index contributed by atoms with van der Waals surface area (Å²) in [5, 5.41) is 10.5. The second-order valence-electron chi connectivity index (χ2n) is 3.30. The largest absolute Gasteiger partial charge is 0.546 e. The van der Waals surface area contributed by atoms with Crippen LogP contribution in [-0.2, 0) is 4.79 Å². The van der Waals surface area contributed by atoms with Crippen molar-refractivity contribution >= 4 is 5.97 Å². The zero-order valence-corrected chi connectivity index (χ0v) is 8.53. The molecule has 0 saturated carbocycles. The number of aliphatic carboxylic acids is 1. The van der Waals surface area contributed by atoms with Crippen molar-refractivity contribution in [1.82, 2.24) is 0 Å². The number of hydrogen-bond donors (Lipinski definition) is 0. The number of carbonyl (C=O) groups excluding carboxylic acids is 1. The number of rotatable bonds is 3. The van der Waals surface area contributed by atoms with E-state index in [0.29, 0.717) is 5.75 Å². The van der Waals surface area contributed by atoms with Crippen LogP contribution in [-0.4, -0.2) is 12.1 Å². The third-order valence-electron chi connectivity index (χ3n) is 2.04. The predicted molar refractivity (Wildman–Crippen MR) is 51.0 cm³/mol. The first-order valence-electron chi connectivity index (χ1n) is 4.46. The summed E-state index contributed by atoms with van der Waals surface area (Å²) < 4.78 is 5.28. The molecule has 0 aliphatic heterocycles. The molecule has 14 heavy (non-hydrogen) atoms. The van der Waals surface area contributed by atoms with Crippen LogP contribution in [0.25, 0.3) is 0 Å². The maximum atomic E-state index is 10.5. The smallest absolute Gasteiger partial charge is 0.135 e. The molecule has 0 bridgehead atoms. The molecule has 1 aromatic carbocycles. The normalized spacial score (nSPS) is 12.2. The van der Waals surface area contributed by atoms with Crippen molar-refractivity contribution in [3.63, 3.8) is 0 Å². The molecule has 1 rings (SSSR count).